The third-order valence-corrected chi connectivity index (χ3v) is 4.85. The summed E-state index contributed by atoms with van der Waals surface area (Å²) in [6.45, 7) is 0.889. The molecule has 5 nitrogen and oxygen atoms in total. The number of carbonyl (C=O) groups is 1. The van der Waals surface area contributed by atoms with Gasteiger partial charge in [-0.25, -0.2) is 0 Å². The van der Waals surface area contributed by atoms with E-state index < -0.39 is 0 Å². The van der Waals surface area contributed by atoms with Crippen LogP contribution < -0.4 is 19.5 Å². The van der Waals surface area contributed by atoms with Crippen LogP contribution in [0.15, 0.2) is 53.9 Å². The summed E-state index contributed by atoms with van der Waals surface area (Å²) in [5.41, 5.74) is 1.92. The number of hydrogen-bond donors (Lipinski definition) is 1. The van der Waals surface area contributed by atoms with Crippen molar-refractivity contribution in [2.75, 3.05) is 25.6 Å². The SMILES string of the molecule is COc1cc(C(=O)Nc2cccc(C#Cc3cccs3)c2)cc2c1OCCO2. The molecule has 0 fully saturated rings. The molecule has 0 spiro atoms. The molecule has 6 heteroatoms. The highest BCUT2D eigenvalue weighted by Crippen LogP contribution is 2.40. The number of methoxy groups -OCH3 is 1. The molecule has 0 radical (unpaired) electrons. The van der Waals surface area contributed by atoms with E-state index in [2.05, 4.69) is 17.2 Å². The summed E-state index contributed by atoms with van der Waals surface area (Å²) < 4.78 is 16.5. The minimum Gasteiger partial charge on any atom is -0.493 e. The van der Waals surface area contributed by atoms with E-state index in [1.54, 1.807) is 23.5 Å². The van der Waals surface area contributed by atoms with Crippen LogP contribution in [0.1, 0.15) is 20.8 Å². The summed E-state index contributed by atoms with van der Waals surface area (Å²) in [6, 6.07) is 14.7. The molecule has 0 saturated heterocycles. The van der Waals surface area contributed by atoms with Crippen molar-refractivity contribution >= 4 is 22.9 Å². The highest BCUT2D eigenvalue weighted by molar-refractivity contribution is 7.10. The van der Waals surface area contributed by atoms with Crippen molar-refractivity contribution < 1.29 is 19.0 Å². The molecule has 1 aliphatic rings. The van der Waals surface area contributed by atoms with Gasteiger partial charge in [-0.1, -0.05) is 24.0 Å². The van der Waals surface area contributed by atoms with E-state index in [4.69, 9.17) is 14.2 Å². The van der Waals surface area contributed by atoms with Crippen LogP contribution in [0.4, 0.5) is 5.69 Å². The fourth-order valence-electron chi connectivity index (χ4n) is 2.77. The lowest BCUT2D eigenvalue weighted by Crippen LogP contribution is -2.18. The number of fused-ring (bicyclic) bond motifs is 1. The van der Waals surface area contributed by atoms with E-state index in [-0.39, 0.29) is 5.91 Å². The molecule has 0 atom stereocenters. The topological polar surface area (TPSA) is 56.8 Å². The van der Waals surface area contributed by atoms with Crippen LogP contribution in [-0.2, 0) is 0 Å². The Balaban J connectivity index is 1.55. The fraction of sp³-hybridized carbons (Fsp3) is 0.136. The van der Waals surface area contributed by atoms with Gasteiger partial charge in [0.05, 0.1) is 12.0 Å². The normalized spacial score (nSPS) is 11.9. The Kier molecular flexibility index (Phi) is 5.18. The van der Waals surface area contributed by atoms with Gasteiger partial charge in [0, 0.05) is 16.8 Å². The molecule has 3 aromatic rings. The van der Waals surface area contributed by atoms with Crippen molar-refractivity contribution in [2.45, 2.75) is 0 Å². The Morgan fingerprint density at radius 3 is 2.82 bits per heavy atom. The number of anilines is 1. The average molecular weight is 391 g/mol. The first-order valence-electron chi connectivity index (χ1n) is 8.67. The number of ether oxygens (including phenoxy) is 3. The lowest BCUT2D eigenvalue weighted by Gasteiger charge is -2.21. The van der Waals surface area contributed by atoms with Crippen molar-refractivity contribution in [3.05, 3.63) is 69.9 Å². The van der Waals surface area contributed by atoms with Gasteiger partial charge in [0.2, 0.25) is 5.75 Å². The van der Waals surface area contributed by atoms with Crippen molar-refractivity contribution in [3.8, 4) is 29.1 Å². The van der Waals surface area contributed by atoms with Crippen molar-refractivity contribution in [2.24, 2.45) is 0 Å². The Morgan fingerprint density at radius 1 is 1.11 bits per heavy atom. The minimum atomic E-state index is -0.265. The molecule has 2 heterocycles. The number of nitrogens with one attached hydrogen (secondary N) is 1. The zero-order valence-corrected chi connectivity index (χ0v) is 16.0. The van der Waals surface area contributed by atoms with Gasteiger partial charge >= 0.3 is 0 Å². The molecule has 28 heavy (non-hydrogen) atoms. The molecular formula is C22H17NO4S. The molecule has 0 unspecified atom stereocenters. The van der Waals surface area contributed by atoms with E-state index >= 15 is 0 Å². The smallest absolute Gasteiger partial charge is 0.255 e. The third kappa shape index (κ3) is 3.95. The van der Waals surface area contributed by atoms with Gasteiger partial charge in [-0.15, -0.1) is 11.3 Å². The Bertz CT molecular complexity index is 1050. The van der Waals surface area contributed by atoms with Gasteiger partial charge in [-0.3, -0.25) is 4.79 Å². The molecule has 1 aromatic heterocycles. The van der Waals surface area contributed by atoms with E-state index in [0.29, 0.717) is 41.7 Å². The molecule has 0 aliphatic carbocycles. The van der Waals surface area contributed by atoms with E-state index in [9.17, 15) is 4.79 Å². The number of amides is 1. The second-order valence-corrected chi connectivity index (χ2v) is 6.91. The first-order chi connectivity index (χ1) is 13.7. The molecule has 0 saturated carbocycles. The van der Waals surface area contributed by atoms with Crippen LogP contribution in [0, 0.1) is 11.8 Å². The van der Waals surface area contributed by atoms with Crippen LogP contribution in [0.3, 0.4) is 0 Å². The summed E-state index contributed by atoms with van der Waals surface area (Å²) in [5.74, 6) is 7.46. The van der Waals surface area contributed by atoms with E-state index in [1.165, 1.54) is 7.11 Å². The third-order valence-electron chi connectivity index (χ3n) is 4.06. The maximum Gasteiger partial charge on any atom is 0.255 e. The Labute approximate surface area is 166 Å². The standard InChI is InChI=1S/C22H17NO4S/c1-25-19-13-16(14-20-21(19)27-10-9-26-20)22(24)23-17-5-2-4-15(12-17)7-8-18-6-3-11-28-18/h2-6,11-14H,9-10H2,1H3,(H,23,24). The Morgan fingerprint density at radius 2 is 2.00 bits per heavy atom. The van der Waals surface area contributed by atoms with Gasteiger partial charge in [-0.2, -0.15) is 0 Å². The van der Waals surface area contributed by atoms with Gasteiger partial charge in [0.15, 0.2) is 11.5 Å². The van der Waals surface area contributed by atoms with Crippen LogP contribution in [0.5, 0.6) is 17.2 Å². The monoisotopic (exact) mass is 391 g/mol. The maximum absolute atomic E-state index is 12.7. The summed E-state index contributed by atoms with van der Waals surface area (Å²) >= 11 is 1.59. The van der Waals surface area contributed by atoms with Crippen molar-refractivity contribution in [1.29, 1.82) is 0 Å². The first-order valence-corrected chi connectivity index (χ1v) is 9.55. The highest BCUT2D eigenvalue weighted by Gasteiger charge is 2.21. The number of carbonyl (C=O) groups excluding carboxylic acids is 1. The fourth-order valence-corrected chi connectivity index (χ4v) is 3.34. The second-order valence-electron chi connectivity index (χ2n) is 5.96. The zero-order valence-electron chi connectivity index (χ0n) is 15.2. The summed E-state index contributed by atoms with van der Waals surface area (Å²) in [7, 11) is 1.53. The van der Waals surface area contributed by atoms with E-state index in [1.807, 2.05) is 41.8 Å². The van der Waals surface area contributed by atoms with Gasteiger partial charge in [0.25, 0.3) is 5.91 Å². The summed E-state index contributed by atoms with van der Waals surface area (Å²) in [4.78, 5) is 13.7. The maximum atomic E-state index is 12.7. The summed E-state index contributed by atoms with van der Waals surface area (Å²) in [6.07, 6.45) is 0. The predicted molar refractivity (Wildman–Crippen MR) is 109 cm³/mol. The molecular weight excluding hydrogens is 374 g/mol. The molecule has 140 valence electrons. The van der Waals surface area contributed by atoms with Gasteiger partial charge in [-0.05, 0) is 41.8 Å². The molecule has 2 aromatic carbocycles. The highest BCUT2D eigenvalue weighted by atomic mass is 32.1. The quantitative estimate of drug-likeness (QED) is 0.681. The summed E-state index contributed by atoms with van der Waals surface area (Å²) in [5, 5.41) is 4.88. The number of thiophene rings is 1. The zero-order chi connectivity index (χ0) is 19.3. The number of rotatable bonds is 3. The van der Waals surface area contributed by atoms with Crippen LogP contribution >= 0.6 is 11.3 Å². The molecule has 1 N–H and O–H groups in total. The van der Waals surface area contributed by atoms with Crippen LogP contribution in [0.25, 0.3) is 0 Å². The average Bonchev–Trinajstić information content (AvgIpc) is 3.25. The molecule has 0 bridgehead atoms. The Hall–Kier alpha value is -3.43. The molecule has 4 rings (SSSR count). The van der Waals surface area contributed by atoms with Crippen molar-refractivity contribution in [3.63, 3.8) is 0 Å². The van der Waals surface area contributed by atoms with Crippen molar-refractivity contribution in [1.82, 2.24) is 0 Å². The minimum absolute atomic E-state index is 0.265. The number of hydrogen-bond acceptors (Lipinski definition) is 5. The lowest BCUT2D eigenvalue weighted by atomic mass is 10.1. The van der Waals surface area contributed by atoms with E-state index in [0.717, 1.165) is 10.4 Å². The first kappa shape index (κ1) is 18.0. The van der Waals surface area contributed by atoms with Gasteiger partial charge in [0.1, 0.15) is 13.2 Å². The second kappa shape index (κ2) is 8.07. The molecule has 1 aliphatic heterocycles. The largest absolute Gasteiger partial charge is 0.493 e. The lowest BCUT2D eigenvalue weighted by molar-refractivity contribution is 0.102. The number of benzene rings is 2. The van der Waals surface area contributed by atoms with Gasteiger partial charge < -0.3 is 19.5 Å². The predicted octanol–water partition coefficient (Wildman–Crippen LogP) is 4.18. The molecule has 1 amide bonds. The van der Waals surface area contributed by atoms with Crippen LogP contribution in [0.2, 0.25) is 0 Å². The van der Waals surface area contributed by atoms with Crippen LogP contribution in [-0.4, -0.2) is 26.2 Å².